The van der Waals surface area contributed by atoms with Crippen LogP contribution < -0.4 is 5.32 Å². The number of halogens is 2. The second-order valence-corrected chi connectivity index (χ2v) is 8.85. The van der Waals surface area contributed by atoms with Gasteiger partial charge in [-0.1, -0.05) is 6.07 Å². The summed E-state index contributed by atoms with van der Waals surface area (Å²) in [4.78, 5) is 14.9. The highest BCUT2D eigenvalue weighted by molar-refractivity contribution is 5.92. The van der Waals surface area contributed by atoms with E-state index in [-0.39, 0.29) is 0 Å². The molecule has 0 unspecified atom stereocenters. The SMILES string of the molecule is Oc1cc(-c2ccc3ncnc(NC4CCC(N5CCC(F)CC5)CC4)c3c2)cnc1F. The van der Waals surface area contributed by atoms with Gasteiger partial charge in [-0.2, -0.15) is 4.39 Å². The first-order chi connectivity index (χ1) is 15.6. The summed E-state index contributed by atoms with van der Waals surface area (Å²) in [5.41, 5.74) is 2.24. The van der Waals surface area contributed by atoms with Crippen molar-refractivity contribution in [2.45, 2.75) is 56.8 Å². The van der Waals surface area contributed by atoms with Gasteiger partial charge >= 0.3 is 0 Å². The van der Waals surface area contributed by atoms with Crippen molar-refractivity contribution in [3.63, 3.8) is 0 Å². The van der Waals surface area contributed by atoms with Gasteiger partial charge in [-0.15, -0.1) is 0 Å². The number of piperidine rings is 1. The highest BCUT2D eigenvalue weighted by Crippen LogP contribution is 2.32. The summed E-state index contributed by atoms with van der Waals surface area (Å²) >= 11 is 0. The molecule has 2 aromatic heterocycles. The molecule has 6 nitrogen and oxygen atoms in total. The number of likely N-dealkylation sites (tertiary alicyclic amines) is 1. The summed E-state index contributed by atoms with van der Waals surface area (Å²) in [6.45, 7) is 1.74. The molecule has 0 atom stereocenters. The Morgan fingerprint density at radius 3 is 2.47 bits per heavy atom. The number of benzene rings is 1. The molecule has 32 heavy (non-hydrogen) atoms. The Morgan fingerprint density at radius 2 is 1.72 bits per heavy atom. The monoisotopic (exact) mass is 439 g/mol. The smallest absolute Gasteiger partial charge is 0.255 e. The van der Waals surface area contributed by atoms with Crippen LogP contribution in [-0.4, -0.2) is 56.3 Å². The Labute approximate surface area is 185 Å². The molecule has 1 saturated heterocycles. The molecule has 0 amide bonds. The van der Waals surface area contributed by atoms with E-state index in [9.17, 15) is 13.9 Å². The van der Waals surface area contributed by atoms with Gasteiger partial charge in [0, 0.05) is 42.3 Å². The Balaban J connectivity index is 1.30. The van der Waals surface area contributed by atoms with Crippen molar-refractivity contribution in [1.82, 2.24) is 19.9 Å². The van der Waals surface area contributed by atoms with Crippen molar-refractivity contribution >= 4 is 16.7 Å². The Morgan fingerprint density at radius 1 is 0.938 bits per heavy atom. The Hall–Kier alpha value is -2.87. The van der Waals surface area contributed by atoms with E-state index in [0.717, 1.165) is 61.1 Å². The van der Waals surface area contributed by atoms with Crippen molar-refractivity contribution in [2.24, 2.45) is 0 Å². The normalized spacial score (nSPS) is 22.8. The number of pyridine rings is 1. The standard InChI is InChI=1S/C24H27F2N5O/c25-17-7-9-31(10-8-17)19-4-2-18(3-5-19)30-24-20-11-15(1-6-21(20)28-14-29-24)16-12-22(32)23(26)27-13-16/h1,6,11-14,17-19,32H,2-5,7-10H2,(H,28,29,30). The number of rotatable bonds is 4. The Kier molecular flexibility index (Phi) is 5.87. The van der Waals surface area contributed by atoms with E-state index in [1.807, 2.05) is 18.2 Å². The maximum absolute atomic E-state index is 13.4. The van der Waals surface area contributed by atoms with Crippen LogP contribution in [0.1, 0.15) is 38.5 Å². The lowest BCUT2D eigenvalue weighted by Crippen LogP contribution is -2.45. The lowest BCUT2D eigenvalue weighted by Gasteiger charge is -2.39. The van der Waals surface area contributed by atoms with E-state index in [1.165, 1.54) is 12.3 Å². The van der Waals surface area contributed by atoms with Crippen LogP contribution >= 0.6 is 0 Å². The number of anilines is 1. The minimum atomic E-state index is -0.884. The van der Waals surface area contributed by atoms with Crippen LogP contribution in [0.4, 0.5) is 14.6 Å². The van der Waals surface area contributed by atoms with E-state index < -0.39 is 17.9 Å². The number of nitrogens with one attached hydrogen (secondary N) is 1. The van der Waals surface area contributed by atoms with Gasteiger partial charge in [0.2, 0.25) is 0 Å². The van der Waals surface area contributed by atoms with Crippen LogP contribution in [0.25, 0.3) is 22.0 Å². The average Bonchev–Trinajstić information content (AvgIpc) is 2.82. The number of aromatic hydroxyl groups is 1. The van der Waals surface area contributed by atoms with Gasteiger partial charge in [0.15, 0.2) is 5.75 Å². The third-order valence-corrected chi connectivity index (χ3v) is 6.80. The first-order valence-corrected chi connectivity index (χ1v) is 11.3. The van der Waals surface area contributed by atoms with Gasteiger partial charge in [-0.3, -0.25) is 0 Å². The van der Waals surface area contributed by atoms with Crippen LogP contribution in [0.2, 0.25) is 0 Å². The fourth-order valence-corrected chi connectivity index (χ4v) is 4.96. The van der Waals surface area contributed by atoms with Crippen molar-refractivity contribution in [2.75, 3.05) is 18.4 Å². The van der Waals surface area contributed by atoms with Crippen LogP contribution in [0.15, 0.2) is 36.8 Å². The predicted octanol–water partition coefficient (Wildman–Crippen LogP) is 4.69. The summed E-state index contributed by atoms with van der Waals surface area (Å²) in [6.07, 6.45) is 7.94. The van der Waals surface area contributed by atoms with Crippen LogP contribution in [0.3, 0.4) is 0 Å². The molecule has 1 aromatic carbocycles. The quantitative estimate of drug-likeness (QED) is 0.575. The van der Waals surface area contributed by atoms with Crippen LogP contribution in [0, 0.1) is 5.95 Å². The van der Waals surface area contributed by atoms with Gasteiger partial charge in [0.05, 0.1) is 5.52 Å². The number of hydrogen-bond acceptors (Lipinski definition) is 6. The Bertz CT molecular complexity index is 1090. The summed E-state index contributed by atoms with van der Waals surface area (Å²) < 4.78 is 26.8. The second kappa shape index (κ2) is 8.94. The number of aromatic nitrogens is 3. The van der Waals surface area contributed by atoms with Gasteiger partial charge in [0.1, 0.15) is 18.3 Å². The summed E-state index contributed by atoms with van der Waals surface area (Å²) in [7, 11) is 0. The average molecular weight is 440 g/mol. The number of hydrogen-bond donors (Lipinski definition) is 2. The van der Waals surface area contributed by atoms with Gasteiger partial charge in [-0.25, -0.2) is 19.3 Å². The maximum Gasteiger partial charge on any atom is 0.255 e. The predicted molar refractivity (Wildman–Crippen MR) is 120 cm³/mol. The molecule has 0 spiro atoms. The van der Waals surface area contributed by atoms with Crippen molar-refractivity contribution in [1.29, 1.82) is 0 Å². The van der Waals surface area contributed by atoms with E-state index in [4.69, 9.17) is 0 Å². The molecule has 1 saturated carbocycles. The van der Waals surface area contributed by atoms with Gasteiger partial charge in [0.25, 0.3) is 5.95 Å². The van der Waals surface area contributed by atoms with E-state index >= 15 is 0 Å². The molecule has 2 fully saturated rings. The van der Waals surface area contributed by atoms with Crippen molar-refractivity contribution < 1.29 is 13.9 Å². The number of nitrogens with zero attached hydrogens (tertiary/aromatic N) is 4. The maximum atomic E-state index is 13.4. The van der Waals surface area contributed by atoms with Crippen LogP contribution in [0.5, 0.6) is 5.75 Å². The molecule has 5 rings (SSSR count). The fourth-order valence-electron chi connectivity index (χ4n) is 4.96. The largest absolute Gasteiger partial charge is 0.504 e. The highest BCUT2D eigenvalue weighted by Gasteiger charge is 2.29. The molecule has 2 aliphatic rings. The molecule has 3 aromatic rings. The van der Waals surface area contributed by atoms with Crippen molar-refractivity contribution in [3.8, 4) is 16.9 Å². The molecular formula is C24H27F2N5O. The zero-order chi connectivity index (χ0) is 22.1. The first-order valence-electron chi connectivity index (χ1n) is 11.3. The highest BCUT2D eigenvalue weighted by atomic mass is 19.1. The van der Waals surface area contributed by atoms with Crippen molar-refractivity contribution in [3.05, 3.63) is 42.7 Å². The summed E-state index contributed by atoms with van der Waals surface area (Å²) in [5.74, 6) is -0.583. The molecule has 0 radical (unpaired) electrons. The number of alkyl halides is 1. The lowest BCUT2D eigenvalue weighted by molar-refractivity contribution is 0.0895. The lowest BCUT2D eigenvalue weighted by atomic mass is 9.89. The molecule has 168 valence electrons. The van der Waals surface area contributed by atoms with Crippen LogP contribution in [-0.2, 0) is 0 Å². The van der Waals surface area contributed by atoms with E-state index in [1.54, 1.807) is 6.33 Å². The first kappa shape index (κ1) is 21.0. The fraction of sp³-hybridized carbons (Fsp3) is 0.458. The molecule has 2 N–H and O–H groups in total. The zero-order valence-electron chi connectivity index (χ0n) is 17.8. The minimum absolute atomic E-state index is 0.322. The molecule has 1 aliphatic carbocycles. The summed E-state index contributed by atoms with van der Waals surface area (Å²) in [5, 5.41) is 14.2. The van der Waals surface area contributed by atoms with E-state index in [0.29, 0.717) is 30.5 Å². The topological polar surface area (TPSA) is 74.2 Å². The molecular weight excluding hydrogens is 412 g/mol. The molecule has 8 heteroatoms. The molecule has 3 heterocycles. The summed E-state index contributed by atoms with van der Waals surface area (Å²) in [6, 6.07) is 7.95. The van der Waals surface area contributed by atoms with Gasteiger partial charge in [-0.05, 0) is 62.3 Å². The van der Waals surface area contributed by atoms with E-state index in [2.05, 4.69) is 25.2 Å². The van der Waals surface area contributed by atoms with Gasteiger partial charge < -0.3 is 15.3 Å². The molecule has 1 aliphatic heterocycles. The third kappa shape index (κ3) is 4.37. The minimum Gasteiger partial charge on any atom is -0.504 e. The number of fused-ring (bicyclic) bond motifs is 1. The third-order valence-electron chi connectivity index (χ3n) is 6.80. The second-order valence-electron chi connectivity index (χ2n) is 8.85. The molecule has 0 bridgehead atoms. The zero-order valence-corrected chi connectivity index (χ0v) is 17.8.